The van der Waals surface area contributed by atoms with Gasteiger partial charge in [-0.25, -0.2) is 13.6 Å². The standard InChI is InChI=1S/C21H19ClN2O5S/c1-28-17-8-5-14(6-9-17)11-21(25)24-16-7-10-19(20(13-16)30(23,26)27)29-18-4-2-3-15(22)12-18/h2-10,12-13H,11H2,1H3,(H,24,25)(H2,23,26,27). The number of methoxy groups -OCH3 is 1. The minimum absolute atomic E-state index is 0.0212. The number of anilines is 1. The average molecular weight is 447 g/mol. The fourth-order valence-corrected chi connectivity index (χ4v) is 3.55. The van der Waals surface area contributed by atoms with Crippen molar-refractivity contribution in [1.82, 2.24) is 0 Å². The summed E-state index contributed by atoms with van der Waals surface area (Å²) in [6, 6.07) is 17.8. The SMILES string of the molecule is COc1ccc(CC(=O)Nc2ccc(Oc3cccc(Cl)c3)c(S(N)(=O)=O)c2)cc1. The topological polar surface area (TPSA) is 108 Å². The highest BCUT2D eigenvalue weighted by molar-refractivity contribution is 7.89. The maximum Gasteiger partial charge on any atom is 0.241 e. The normalized spacial score (nSPS) is 11.0. The monoisotopic (exact) mass is 446 g/mol. The second-order valence-electron chi connectivity index (χ2n) is 6.34. The molecule has 0 unspecified atom stereocenters. The molecular weight excluding hydrogens is 428 g/mol. The number of primary sulfonamides is 1. The molecule has 3 aromatic rings. The summed E-state index contributed by atoms with van der Waals surface area (Å²) >= 11 is 5.93. The highest BCUT2D eigenvalue weighted by atomic mass is 35.5. The first kappa shape index (κ1) is 21.6. The van der Waals surface area contributed by atoms with Crippen molar-refractivity contribution in [3.63, 3.8) is 0 Å². The van der Waals surface area contributed by atoms with E-state index in [9.17, 15) is 13.2 Å². The molecule has 3 aromatic carbocycles. The Hall–Kier alpha value is -3.07. The largest absolute Gasteiger partial charge is 0.497 e. The van der Waals surface area contributed by atoms with Gasteiger partial charge in [-0.15, -0.1) is 0 Å². The number of halogens is 1. The van der Waals surface area contributed by atoms with E-state index in [-0.39, 0.29) is 28.7 Å². The van der Waals surface area contributed by atoms with Gasteiger partial charge in [0, 0.05) is 10.7 Å². The quantitative estimate of drug-likeness (QED) is 0.571. The maximum atomic E-state index is 12.3. The van der Waals surface area contributed by atoms with Gasteiger partial charge in [0.25, 0.3) is 0 Å². The van der Waals surface area contributed by atoms with Gasteiger partial charge in [0.15, 0.2) is 0 Å². The summed E-state index contributed by atoms with van der Waals surface area (Å²) < 4.78 is 34.8. The predicted molar refractivity (Wildman–Crippen MR) is 115 cm³/mol. The van der Waals surface area contributed by atoms with Crippen LogP contribution in [0, 0.1) is 0 Å². The zero-order valence-electron chi connectivity index (χ0n) is 16.0. The van der Waals surface area contributed by atoms with Crippen LogP contribution in [0.2, 0.25) is 5.02 Å². The minimum atomic E-state index is -4.11. The van der Waals surface area contributed by atoms with Crippen LogP contribution < -0.4 is 19.9 Å². The molecule has 30 heavy (non-hydrogen) atoms. The maximum absolute atomic E-state index is 12.3. The van der Waals surface area contributed by atoms with Crippen LogP contribution in [0.1, 0.15) is 5.56 Å². The summed E-state index contributed by atoms with van der Waals surface area (Å²) in [5, 5.41) is 8.44. The minimum Gasteiger partial charge on any atom is -0.497 e. The van der Waals surface area contributed by atoms with Gasteiger partial charge in [-0.1, -0.05) is 29.8 Å². The lowest BCUT2D eigenvalue weighted by Crippen LogP contribution is -2.17. The van der Waals surface area contributed by atoms with E-state index in [0.29, 0.717) is 16.5 Å². The molecule has 0 spiro atoms. The summed E-state index contributed by atoms with van der Waals surface area (Å²) in [5.41, 5.74) is 1.05. The molecular formula is C21H19ClN2O5S. The first-order chi connectivity index (χ1) is 14.2. The molecule has 0 atom stereocenters. The highest BCUT2D eigenvalue weighted by Gasteiger charge is 2.18. The van der Waals surface area contributed by atoms with Crippen molar-refractivity contribution in [2.45, 2.75) is 11.3 Å². The number of benzene rings is 3. The number of carbonyl (C=O) groups excluding carboxylic acids is 1. The van der Waals surface area contributed by atoms with Crippen molar-refractivity contribution in [3.8, 4) is 17.2 Å². The number of amides is 1. The van der Waals surface area contributed by atoms with Crippen LogP contribution in [-0.2, 0) is 21.2 Å². The molecule has 3 N–H and O–H groups in total. The molecule has 0 aliphatic carbocycles. The third kappa shape index (κ3) is 5.73. The molecule has 0 saturated carbocycles. The Morgan fingerprint density at radius 2 is 1.77 bits per heavy atom. The molecule has 9 heteroatoms. The van der Waals surface area contributed by atoms with E-state index in [1.165, 1.54) is 18.2 Å². The Kier molecular flexibility index (Phi) is 6.61. The van der Waals surface area contributed by atoms with E-state index in [1.807, 2.05) is 0 Å². The fourth-order valence-electron chi connectivity index (χ4n) is 2.68. The molecule has 0 aromatic heterocycles. The summed E-state index contributed by atoms with van der Waals surface area (Å²) in [7, 11) is -2.55. The van der Waals surface area contributed by atoms with Crippen LogP contribution in [0.15, 0.2) is 71.6 Å². The lowest BCUT2D eigenvalue weighted by Gasteiger charge is -2.13. The van der Waals surface area contributed by atoms with Crippen molar-refractivity contribution in [3.05, 3.63) is 77.3 Å². The first-order valence-electron chi connectivity index (χ1n) is 8.77. The number of rotatable bonds is 7. The van der Waals surface area contributed by atoms with Gasteiger partial charge in [-0.05, 0) is 54.1 Å². The van der Waals surface area contributed by atoms with Crippen LogP contribution in [0.25, 0.3) is 0 Å². The Morgan fingerprint density at radius 1 is 1.03 bits per heavy atom. The molecule has 0 heterocycles. The van der Waals surface area contributed by atoms with Gasteiger partial charge in [0.1, 0.15) is 22.1 Å². The van der Waals surface area contributed by atoms with Crippen LogP contribution >= 0.6 is 11.6 Å². The zero-order valence-corrected chi connectivity index (χ0v) is 17.5. The highest BCUT2D eigenvalue weighted by Crippen LogP contribution is 2.31. The van der Waals surface area contributed by atoms with Crippen LogP contribution in [0.3, 0.4) is 0 Å². The molecule has 0 bridgehead atoms. The molecule has 3 rings (SSSR count). The number of nitrogens with one attached hydrogen (secondary N) is 1. The summed E-state index contributed by atoms with van der Waals surface area (Å²) in [6.45, 7) is 0. The predicted octanol–water partition coefficient (Wildman–Crippen LogP) is 3.97. The average Bonchev–Trinajstić information content (AvgIpc) is 2.69. The Labute approximate surface area is 179 Å². The Morgan fingerprint density at radius 3 is 2.40 bits per heavy atom. The fraction of sp³-hybridized carbons (Fsp3) is 0.0952. The van der Waals surface area contributed by atoms with E-state index in [0.717, 1.165) is 5.56 Å². The second-order valence-corrected chi connectivity index (χ2v) is 8.31. The third-order valence-corrected chi connectivity index (χ3v) is 5.25. The van der Waals surface area contributed by atoms with Crippen molar-refractivity contribution in [1.29, 1.82) is 0 Å². The lowest BCUT2D eigenvalue weighted by molar-refractivity contribution is -0.115. The number of hydrogen-bond donors (Lipinski definition) is 2. The number of ether oxygens (including phenoxy) is 2. The molecule has 156 valence electrons. The smallest absolute Gasteiger partial charge is 0.241 e. The molecule has 1 amide bonds. The molecule has 0 saturated heterocycles. The van der Waals surface area contributed by atoms with Crippen molar-refractivity contribution in [2.24, 2.45) is 5.14 Å². The van der Waals surface area contributed by atoms with Gasteiger partial charge in [-0.3, -0.25) is 4.79 Å². The lowest BCUT2D eigenvalue weighted by atomic mass is 10.1. The summed E-state index contributed by atoms with van der Waals surface area (Å²) in [4.78, 5) is 12.1. The second kappa shape index (κ2) is 9.17. The number of nitrogens with two attached hydrogens (primary N) is 1. The molecule has 0 aliphatic heterocycles. The van der Waals surface area contributed by atoms with E-state index in [2.05, 4.69) is 5.32 Å². The van der Waals surface area contributed by atoms with Crippen LogP contribution in [0.5, 0.6) is 17.2 Å². The first-order valence-corrected chi connectivity index (χ1v) is 10.7. The van der Waals surface area contributed by atoms with Crippen LogP contribution in [-0.4, -0.2) is 21.4 Å². The van der Waals surface area contributed by atoms with Crippen molar-refractivity contribution >= 4 is 33.2 Å². The molecule has 0 radical (unpaired) electrons. The van der Waals surface area contributed by atoms with Crippen molar-refractivity contribution in [2.75, 3.05) is 12.4 Å². The zero-order chi connectivity index (χ0) is 21.7. The van der Waals surface area contributed by atoms with E-state index < -0.39 is 10.0 Å². The van der Waals surface area contributed by atoms with E-state index in [4.69, 9.17) is 26.2 Å². The van der Waals surface area contributed by atoms with Gasteiger partial charge < -0.3 is 14.8 Å². The van der Waals surface area contributed by atoms with E-state index in [1.54, 1.807) is 55.6 Å². The number of carbonyl (C=O) groups is 1. The number of sulfonamides is 1. The van der Waals surface area contributed by atoms with Gasteiger partial charge in [0.05, 0.1) is 13.5 Å². The third-order valence-electron chi connectivity index (χ3n) is 4.08. The molecule has 0 aliphatic rings. The van der Waals surface area contributed by atoms with Crippen molar-refractivity contribution < 1.29 is 22.7 Å². The van der Waals surface area contributed by atoms with Gasteiger partial charge >= 0.3 is 0 Å². The molecule has 0 fully saturated rings. The van der Waals surface area contributed by atoms with Gasteiger partial charge in [-0.2, -0.15) is 0 Å². The Bertz CT molecular complexity index is 1160. The van der Waals surface area contributed by atoms with Gasteiger partial charge in [0.2, 0.25) is 15.9 Å². The Balaban J connectivity index is 1.79. The summed E-state index contributed by atoms with van der Waals surface area (Å²) in [5.74, 6) is 0.743. The summed E-state index contributed by atoms with van der Waals surface area (Å²) in [6.07, 6.45) is 0.107. The molecule has 7 nitrogen and oxygen atoms in total. The van der Waals surface area contributed by atoms with E-state index >= 15 is 0 Å². The number of hydrogen-bond acceptors (Lipinski definition) is 5. The van der Waals surface area contributed by atoms with Crippen LogP contribution in [0.4, 0.5) is 5.69 Å².